The molecule has 0 aliphatic rings. The van der Waals surface area contributed by atoms with Gasteiger partial charge in [-0.1, -0.05) is 48.5 Å². The molecule has 4 rings (SSSR count). The van der Waals surface area contributed by atoms with Gasteiger partial charge in [-0.3, -0.25) is 4.79 Å². The lowest BCUT2D eigenvalue weighted by atomic mass is 9.96. The summed E-state index contributed by atoms with van der Waals surface area (Å²) in [6.45, 7) is 2.06. The third-order valence-electron chi connectivity index (χ3n) is 5.55. The van der Waals surface area contributed by atoms with Crippen LogP contribution in [0.5, 0.6) is 5.75 Å². The van der Waals surface area contributed by atoms with Gasteiger partial charge in [0.1, 0.15) is 17.7 Å². The van der Waals surface area contributed by atoms with E-state index in [9.17, 15) is 9.18 Å². The summed E-state index contributed by atoms with van der Waals surface area (Å²) in [4.78, 5) is 14.1. The summed E-state index contributed by atoms with van der Waals surface area (Å²) in [6, 6.07) is 20.9. The van der Waals surface area contributed by atoms with Crippen LogP contribution in [0, 0.1) is 12.7 Å². The number of carboxylic acid groups (broad SMARTS) is 1. The lowest BCUT2D eigenvalue weighted by Gasteiger charge is -2.22. The Kier molecular flexibility index (Phi) is 6.03. The first-order valence-corrected chi connectivity index (χ1v) is 10.3. The summed E-state index contributed by atoms with van der Waals surface area (Å²) in [5.41, 5.74) is 4.70. The minimum atomic E-state index is -0.946. The maximum absolute atomic E-state index is 14.5. The van der Waals surface area contributed by atoms with E-state index in [-0.39, 0.29) is 18.9 Å². The Hall–Kier alpha value is -3.60. The van der Waals surface area contributed by atoms with Crippen molar-refractivity contribution in [3.8, 4) is 5.75 Å². The number of carboxylic acids is 1. The number of halogens is 1. The fourth-order valence-electron chi connectivity index (χ4n) is 3.90. The molecule has 1 aromatic heterocycles. The van der Waals surface area contributed by atoms with Gasteiger partial charge in [-0.05, 0) is 53.1 Å². The molecule has 0 bridgehead atoms. The Morgan fingerprint density at radius 3 is 2.65 bits per heavy atom. The van der Waals surface area contributed by atoms with E-state index in [1.807, 2.05) is 30.5 Å². The van der Waals surface area contributed by atoms with Gasteiger partial charge in [0.05, 0.1) is 0 Å². The number of carbonyl (C=O) groups is 1. The molecule has 1 heterocycles. The SMILES string of the molecule is Cc1c(C(Cc2ccccc2)Oc2ccc(CCC(=O)O)c(F)c2)ccc2cc[nH]c12. The van der Waals surface area contributed by atoms with Gasteiger partial charge >= 0.3 is 5.97 Å². The molecule has 158 valence electrons. The molecule has 2 N–H and O–H groups in total. The first-order valence-electron chi connectivity index (χ1n) is 10.3. The smallest absolute Gasteiger partial charge is 0.303 e. The van der Waals surface area contributed by atoms with Gasteiger partial charge in [-0.15, -0.1) is 0 Å². The van der Waals surface area contributed by atoms with Gasteiger partial charge in [-0.25, -0.2) is 4.39 Å². The van der Waals surface area contributed by atoms with Crippen LogP contribution in [0.15, 0.2) is 72.9 Å². The van der Waals surface area contributed by atoms with E-state index in [1.165, 1.54) is 6.07 Å². The lowest BCUT2D eigenvalue weighted by molar-refractivity contribution is -0.136. The Labute approximate surface area is 180 Å². The van der Waals surface area contributed by atoms with E-state index in [2.05, 4.69) is 36.2 Å². The lowest BCUT2D eigenvalue weighted by Crippen LogP contribution is -2.13. The van der Waals surface area contributed by atoms with Gasteiger partial charge in [-0.2, -0.15) is 0 Å². The van der Waals surface area contributed by atoms with Crippen LogP contribution in [0.2, 0.25) is 0 Å². The van der Waals surface area contributed by atoms with Crippen molar-refractivity contribution in [3.63, 3.8) is 0 Å². The number of hydrogen-bond donors (Lipinski definition) is 2. The van der Waals surface area contributed by atoms with Crippen LogP contribution in [-0.2, 0) is 17.6 Å². The second-order valence-electron chi connectivity index (χ2n) is 7.66. The van der Waals surface area contributed by atoms with Crippen molar-refractivity contribution in [1.29, 1.82) is 0 Å². The number of benzene rings is 3. The molecule has 0 fully saturated rings. The minimum absolute atomic E-state index is 0.108. The van der Waals surface area contributed by atoms with Crippen LogP contribution >= 0.6 is 0 Å². The predicted octanol–water partition coefficient (Wildman–Crippen LogP) is 6.00. The quantitative estimate of drug-likeness (QED) is 0.370. The highest BCUT2D eigenvalue weighted by molar-refractivity contribution is 5.83. The molecule has 5 heteroatoms. The van der Waals surface area contributed by atoms with Crippen molar-refractivity contribution in [2.24, 2.45) is 0 Å². The minimum Gasteiger partial charge on any atom is -0.485 e. The highest BCUT2D eigenvalue weighted by atomic mass is 19.1. The first kappa shape index (κ1) is 20.7. The van der Waals surface area contributed by atoms with E-state index >= 15 is 0 Å². The normalized spacial score (nSPS) is 12.1. The van der Waals surface area contributed by atoms with Gasteiger partial charge < -0.3 is 14.8 Å². The van der Waals surface area contributed by atoms with E-state index in [4.69, 9.17) is 9.84 Å². The largest absolute Gasteiger partial charge is 0.485 e. The third kappa shape index (κ3) is 4.77. The molecule has 1 unspecified atom stereocenters. The maximum atomic E-state index is 14.5. The number of aromatic nitrogens is 1. The van der Waals surface area contributed by atoms with Crippen LogP contribution in [0.4, 0.5) is 4.39 Å². The number of aromatic amines is 1. The Morgan fingerprint density at radius 1 is 1.10 bits per heavy atom. The van der Waals surface area contributed by atoms with Gasteiger partial charge in [0.15, 0.2) is 0 Å². The molecular formula is C26H24FNO3. The maximum Gasteiger partial charge on any atom is 0.303 e. The number of aryl methyl sites for hydroxylation is 2. The molecule has 0 saturated heterocycles. The summed E-state index contributed by atoms with van der Waals surface area (Å²) in [5.74, 6) is -0.977. The van der Waals surface area contributed by atoms with Crippen molar-refractivity contribution in [3.05, 3.63) is 101 Å². The van der Waals surface area contributed by atoms with Gasteiger partial charge in [0.2, 0.25) is 0 Å². The Bertz CT molecular complexity index is 1200. The summed E-state index contributed by atoms with van der Waals surface area (Å²) < 4.78 is 20.9. The second kappa shape index (κ2) is 9.04. The molecule has 0 saturated carbocycles. The number of fused-ring (bicyclic) bond motifs is 1. The summed E-state index contributed by atoms with van der Waals surface area (Å²) in [7, 11) is 0. The Balaban J connectivity index is 1.65. The van der Waals surface area contributed by atoms with E-state index < -0.39 is 11.8 Å². The van der Waals surface area contributed by atoms with Crippen LogP contribution in [0.25, 0.3) is 10.9 Å². The van der Waals surface area contributed by atoms with Gasteiger partial charge in [0, 0.05) is 30.6 Å². The van der Waals surface area contributed by atoms with Crippen LogP contribution in [-0.4, -0.2) is 16.1 Å². The third-order valence-corrected chi connectivity index (χ3v) is 5.55. The van der Waals surface area contributed by atoms with Crippen LogP contribution in [0.3, 0.4) is 0 Å². The molecule has 31 heavy (non-hydrogen) atoms. The molecule has 0 aliphatic carbocycles. The number of hydrogen-bond acceptors (Lipinski definition) is 2. The second-order valence-corrected chi connectivity index (χ2v) is 7.66. The highest BCUT2D eigenvalue weighted by Crippen LogP contribution is 2.32. The summed E-state index contributed by atoms with van der Waals surface area (Å²) in [6.07, 6.45) is 2.29. The van der Waals surface area contributed by atoms with Crippen molar-refractivity contribution in [1.82, 2.24) is 4.98 Å². The molecule has 0 spiro atoms. The molecule has 0 amide bonds. The number of nitrogens with one attached hydrogen (secondary N) is 1. The molecule has 4 aromatic rings. The molecule has 4 nitrogen and oxygen atoms in total. The van der Waals surface area contributed by atoms with Crippen molar-refractivity contribution in [2.45, 2.75) is 32.3 Å². The number of ether oxygens (including phenoxy) is 1. The van der Waals surface area contributed by atoms with Crippen molar-refractivity contribution >= 4 is 16.9 Å². The fraction of sp³-hybridized carbons (Fsp3) is 0.192. The topological polar surface area (TPSA) is 62.3 Å². The number of H-pyrrole nitrogens is 1. The number of rotatable bonds is 8. The molecule has 1 atom stereocenters. The molecular weight excluding hydrogens is 393 g/mol. The summed E-state index contributed by atoms with van der Waals surface area (Å²) in [5, 5.41) is 9.97. The van der Waals surface area contributed by atoms with Crippen molar-refractivity contribution in [2.75, 3.05) is 0 Å². The predicted molar refractivity (Wildman–Crippen MR) is 119 cm³/mol. The van der Waals surface area contributed by atoms with E-state index in [0.29, 0.717) is 17.7 Å². The van der Waals surface area contributed by atoms with Gasteiger partial charge in [0.25, 0.3) is 0 Å². The fourth-order valence-corrected chi connectivity index (χ4v) is 3.90. The zero-order valence-electron chi connectivity index (χ0n) is 17.3. The van der Waals surface area contributed by atoms with E-state index in [1.54, 1.807) is 12.1 Å². The molecule has 0 aliphatic heterocycles. The molecule has 3 aromatic carbocycles. The highest BCUT2D eigenvalue weighted by Gasteiger charge is 2.19. The molecule has 0 radical (unpaired) electrons. The standard InChI is InChI=1S/C26H24FNO3/c1-17-22(11-8-20-13-14-28-26(17)20)24(15-18-5-3-2-4-6-18)31-21-10-7-19(23(27)16-21)9-12-25(29)30/h2-8,10-11,13-14,16,24,28H,9,12,15H2,1H3,(H,29,30). The number of aliphatic carboxylic acids is 1. The first-order chi connectivity index (χ1) is 15.0. The average Bonchev–Trinajstić information content (AvgIpc) is 3.23. The van der Waals surface area contributed by atoms with Crippen molar-refractivity contribution < 1.29 is 19.0 Å². The zero-order chi connectivity index (χ0) is 21.8. The van der Waals surface area contributed by atoms with Crippen LogP contribution in [0.1, 0.15) is 34.8 Å². The average molecular weight is 417 g/mol. The zero-order valence-corrected chi connectivity index (χ0v) is 17.3. The monoisotopic (exact) mass is 417 g/mol. The summed E-state index contributed by atoms with van der Waals surface area (Å²) >= 11 is 0. The Morgan fingerprint density at radius 2 is 1.90 bits per heavy atom. The van der Waals surface area contributed by atoms with Crippen LogP contribution < -0.4 is 4.74 Å². The van der Waals surface area contributed by atoms with E-state index in [0.717, 1.165) is 27.6 Å².